The standard InChI is InChI=1S/C8H15ClOTe/c1-3-4-5-11-7-8(9)6-10-2/h7H,3-6H2,1-2H3/b8-7-. The Morgan fingerprint density at radius 3 is 2.91 bits per heavy atom. The van der Waals surface area contributed by atoms with E-state index in [0.717, 1.165) is 5.03 Å². The van der Waals surface area contributed by atoms with Gasteiger partial charge >= 0.3 is 84.4 Å². The molecule has 0 unspecified atom stereocenters. The van der Waals surface area contributed by atoms with Crippen LogP contribution in [0.5, 0.6) is 0 Å². The van der Waals surface area contributed by atoms with Crippen molar-refractivity contribution in [3.63, 3.8) is 0 Å². The van der Waals surface area contributed by atoms with Gasteiger partial charge in [0, 0.05) is 0 Å². The summed E-state index contributed by atoms with van der Waals surface area (Å²) in [4.78, 5) is 0. The van der Waals surface area contributed by atoms with Crippen LogP contribution in [-0.2, 0) is 4.74 Å². The molecule has 0 aromatic heterocycles. The summed E-state index contributed by atoms with van der Waals surface area (Å²) in [5.41, 5.74) is 0. The molecule has 66 valence electrons. The molecule has 0 heterocycles. The van der Waals surface area contributed by atoms with Crippen LogP contribution in [0.4, 0.5) is 0 Å². The molecule has 0 bridgehead atoms. The van der Waals surface area contributed by atoms with Crippen LogP contribution in [0.1, 0.15) is 19.8 Å². The van der Waals surface area contributed by atoms with Crippen molar-refractivity contribution in [2.45, 2.75) is 24.2 Å². The second-order valence-corrected chi connectivity index (χ2v) is 5.50. The first-order valence-corrected chi connectivity index (χ1v) is 7.13. The summed E-state index contributed by atoms with van der Waals surface area (Å²) in [6, 6.07) is 0. The molecule has 0 rings (SSSR count). The van der Waals surface area contributed by atoms with Gasteiger partial charge < -0.3 is 0 Å². The van der Waals surface area contributed by atoms with Crippen molar-refractivity contribution in [1.29, 1.82) is 0 Å². The first-order chi connectivity index (χ1) is 5.31. The molecule has 0 atom stereocenters. The first kappa shape index (κ1) is 11.8. The second kappa shape index (κ2) is 8.87. The van der Waals surface area contributed by atoms with Crippen molar-refractivity contribution in [2.75, 3.05) is 13.7 Å². The third-order valence-corrected chi connectivity index (χ3v) is 4.52. The number of hydrogen-bond acceptors (Lipinski definition) is 1. The molecule has 0 radical (unpaired) electrons. The number of unbranched alkanes of at least 4 members (excludes halogenated alkanes) is 1. The van der Waals surface area contributed by atoms with Crippen LogP contribution < -0.4 is 0 Å². The minimum atomic E-state index is 0.0303. The molecule has 11 heavy (non-hydrogen) atoms. The molecular weight excluding hydrogens is 275 g/mol. The van der Waals surface area contributed by atoms with E-state index >= 15 is 0 Å². The summed E-state index contributed by atoms with van der Waals surface area (Å²) >= 11 is 5.86. The van der Waals surface area contributed by atoms with Crippen molar-refractivity contribution in [3.8, 4) is 0 Å². The van der Waals surface area contributed by atoms with Crippen molar-refractivity contribution < 1.29 is 4.74 Å². The van der Waals surface area contributed by atoms with Gasteiger partial charge in [0.2, 0.25) is 0 Å². The predicted octanol–water partition coefficient (Wildman–Crippen LogP) is 2.64. The molecule has 0 N–H and O–H groups in total. The van der Waals surface area contributed by atoms with Gasteiger partial charge in [0.15, 0.2) is 0 Å². The van der Waals surface area contributed by atoms with Gasteiger partial charge in [-0.3, -0.25) is 0 Å². The Kier molecular flexibility index (Phi) is 9.50. The summed E-state index contributed by atoms with van der Waals surface area (Å²) in [5.74, 6) is 0. The summed E-state index contributed by atoms with van der Waals surface area (Å²) in [7, 11) is 1.67. The fourth-order valence-electron chi connectivity index (χ4n) is 0.549. The molecule has 0 spiro atoms. The molecule has 0 amide bonds. The normalized spacial score (nSPS) is 12.1. The van der Waals surface area contributed by atoms with Gasteiger partial charge in [-0.25, -0.2) is 0 Å². The van der Waals surface area contributed by atoms with Gasteiger partial charge in [-0.1, -0.05) is 0 Å². The van der Waals surface area contributed by atoms with Crippen LogP contribution >= 0.6 is 11.6 Å². The SMILES string of the molecule is CCCC[Te]/C=C(\Cl)COC. The van der Waals surface area contributed by atoms with Crippen molar-refractivity contribution >= 4 is 32.5 Å². The number of methoxy groups -OCH3 is 1. The van der Waals surface area contributed by atoms with E-state index in [9.17, 15) is 0 Å². The van der Waals surface area contributed by atoms with Gasteiger partial charge in [-0.15, -0.1) is 0 Å². The molecule has 0 aromatic carbocycles. The minimum absolute atomic E-state index is 0.0303. The van der Waals surface area contributed by atoms with Crippen LogP contribution in [0.25, 0.3) is 0 Å². The molecule has 0 fully saturated rings. The van der Waals surface area contributed by atoms with Gasteiger partial charge in [0.05, 0.1) is 0 Å². The van der Waals surface area contributed by atoms with E-state index in [0.29, 0.717) is 6.61 Å². The van der Waals surface area contributed by atoms with Gasteiger partial charge in [-0.2, -0.15) is 0 Å². The number of hydrogen-bond donors (Lipinski definition) is 0. The Balaban J connectivity index is 3.24. The maximum atomic E-state index is 5.83. The third-order valence-electron chi connectivity index (χ3n) is 1.11. The summed E-state index contributed by atoms with van der Waals surface area (Å²) in [6.07, 6.45) is 2.64. The molecule has 3 heteroatoms. The zero-order valence-corrected chi connectivity index (χ0v) is 10.2. The third kappa shape index (κ3) is 8.69. The Bertz CT molecular complexity index is 115. The van der Waals surface area contributed by atoms with E-state index in [-0.39, 0.29) is 20.9 Å². The summed E-state index contributed by atoms with van der Waals surface area (Å²) in [5, 5.41) is 0.881. The van der Waals surface area contributed by atoms with E-state index in [1.165, 1.54) is 17.3 Å². The molecule has 0 aromatic rings. The number of halogens is 1. The van der Waals surface area contributed by atoms with Crippen molar-refractivity contribution in [1.82, 2.24) is 0 Å². The topological polar surface area (TPSA) is 9.23 Å². The van der Waals surface area contributed by atoms with E-state index in [2.05, 4.69) is 11.0 Å². The van der Waals surface area contributed by atoms with E-state index in [1.807, 2.05) is 0 Å². The van der Waals surface area contributed by atoms with Gasteiger partial charge in [0.25, 0.3) is 0 Å². The van der Waals surface area contributed by atoms with Crippen LogP contribution in [0.2, 0.25) is 4.47 Å². The Morgan fingerprint density at radius 2 is 2.36 bits per heavy atom. The van der Waals surface area contributed by atoms with E-state index < -0.39 is 0 Å². The second-order valence-electron chi connectivity index (χ2n) is 2.22. The predicted molar refractivity (Wildman–Crippen MR) is 51.3 cm³/mol. The fourth-order valence-corrected chi connectivity index (χ4v) is 3.43. The van der Waals surface area contributed by atoms with Gasteiger partial charge in [0.1, 0.15) is 0 Å². The molecule has 1 nitrogen and oxygen atoms in total. The zero-order chi connectivity index (χ0) is 8.53. The molecule has 0 aliphatic rings. The van der Waals surface area contributed by atoms with Crippen LogP contribution in [0.3, 0.4) is 0 Å². The Morgan fingerprint density at radius 1 is 1.64 bits per heavy atom. The van der Waals surface area contributed by atoms with Crippen molar-refractivity contribution in [3.05, 3.63) is 9.16 Å². The Hall–Kier alpha value is 0.780. The number of rotatable bonds is 6. The van der Waals surface area contributed by atoms with Crippen LogP contribution in [-0.4, -0.2) is 34.6 Å². The Labute approximate surface area is 84.2 Å². The quantitative estimate of drug-likeness (QED) is 0.540. The monoisotopic (exact) mass is 292 g/mol. The molecule has 0 saturated heterocycles. The molecule has 0 aliphatic heterocycles. The maximum absolute atomic E-state index is 5.83. The summed E-state index contributed by atoms with van der Waals surface area (Å²) < 4.78 is 8.42. The first-order valence-electron chi connectivity index (χ1n) is 3.76. The number of ether oxygens (including phenoxy) is 1. The van der Waals surface area contributed by atoms with Crippen LogP contribution in [0.15, 0.2) is 9.16 Å². The fraction of sp³-hybridized carbons (Fsp3) is 0.750. The zero-order valence-electron chi connectivity index (χ0n) is 7.10. The average Bonchev–Trinajstić information content (AvgIpc) is 1.99. The average molecular weight is 290 g/mol. The van der Waals surface area contributed by atoms with Gasteiger partial charge in [-0.05, 0) is 0 Å². The summed E-state index contributed by atoms with van der Waals surface area (Å²) in [6.45, 7) is 2.80. The van der Waals surface area contributed by atoms with E-state index in [1.54, 1.807) is 7.11 Å². The molecule has 0 aliphatic carbocycles. The van der Waals surface area contributed by atoms with Crippen LogP contribution in [0, 0.1) is 0 Å². The molecular formula is C8H15ClOTe. The van der Waals surface area contributed by atoms with Crippen molar-refractivity contribution in [2.24, 2.45) is 0 Å². The molecule has 0 saturated carbocycles. The van der Waals surface area contributed by atoms with E-state index in [4.69, 9.17) is 16.3 Å².